The maximum Gasteiger partial charge on any atom is 0.276 e. The van der Waals surface area contributed by atoms with Crippen molar-refractivity contribution in [2.75, 3.05) is 32.7 Å². The molecule has 152 valence electrons. The van der Waals surface area contributed by atoms with Gasteiger partial charge in [0.15, 0.2) is 5.69 Å². The monoisotopic (exact) mass is 402 g/mol. The Hall–Kier alpha value is -1.77. The van der Waals surface area contributed by atoms with Crippen LogP contribution in [0.25, 0.3) is 0 Å². The number of hydrogen-bond acceptors (Lipinski definition) is 6. The minimum absolute atomic E-state index is 0.0139. The van der Waals surface area contributed by atoms with E-state index in [9.17, 15) is 4.79 Å². The van der Waals surface area contributed by atoms with Crippen molar-refractivity contribution in [3.8, 4) is 0 Å². The Kier molecular flexibility index (Phi) is 6.72. The summed E-state index contributed by atoms with van der Waals surface area (Å²) in [5.74, 6) is 0.0139. The zero-order valence-electron chi connectivity index (χ0n) is 16.4. The van der Waals surface area contributed by atoms with E-state index >= 15 is 0 Å². The standard InChI is InChI=1S/C20H30N6OS/c27-20(19-16-26(23-22-19)11-7-17-5-1-2-8-21-17)25-10-4-9-24(12-13-25)15-18-6-3-14-28-18/h3,6,14,16-17,21H,1-2,4-5,7-13,15H2. The molecule has 2 aromatic rings. The quantitative estimate of drug-likeness (QED) is 0.803. The average molecular weight is 403 g/mol. The van der Waals surface area contributed by atoms with Crippen molar-refractivity contribution in [3.05, 3.63) is 34.3 Å². The molecule has 1 atom stereocenters. The average Bonchev–Trinajstić information content (AvgIpc) is 3.35. The van der Waals surface area contributed by atoms with Crippen LogP contribution in [0.5, 0.6) is 0 Å². The Morgan fingerprint density at radius 3 is 3.00 bits per heavy atom. The zero-order chi connectivity index (χ0) is 19.2. The molecule has 1 unspecified atom stereocenters. The minimum atomic E-state index is 0.0139. The van der Waals surface area contributed by atoms with Gasteiger partial charge in [0.1, 0.15) is 0 Å². The molecule has 2 aliphatic heterocycles. The first kappa shape index (κ1) is 19.5. The van der Waals surface area contributed by atoms with Gasteiger partial charge < -0.3 is 10.2 Å². The van der Waals surface area contributed by atoms with Gasteiger partial charge in [0.2, 0.25) is 0 Å². The molecule has 2 saturated heterocycles. The molecule has 0 saturated carbocycles. The third-order valence-corrected chi connectivity index (χ3v) is 6.57. The Labute approximate surface area is 170 Å². The predicted molar refractivity (Wildman–Crippen MR) is 110 cm³/mol. The number of piperidine rings is 1. The minimum Gasteiger partial charge on any atom is -0.336 e. The lowest BCUT2D eigenvalue weighted by Gasteiger charge is -2.23. The fourth-order valence-corrected chi connectivity index (χ4v) is 4.83. The Bertz CT molecular complexity index is 740. The first-order valence-electron chi connectivity index (χ1n) is 10.5. The van der Waals surface area contributed by atoms with Crippen molar-refractivity contribution >= 4 is 17.2 Å². The fourth-order valence-electron chi connectivity index (χ4n) is 4.08. The molecule has 0 spiro atoms. The third kappa shape index (κ3) is 5.18. The predicted octanol–water partition coefficient (Wildman–Crippen LogP) is 2.22. The molecular weight excluding hydrogens is 372 g/mol. The van der Waals surface area contributed by atoms with Crippen molar-refractivity contribution in [2.24, 2.45) is 0 Å². The van der Waals surface area contributed by atoms with Crippen molar-refractivity contribution in [2.45, 2.75) is 51.2 Å². The Morgan fingerprint density at radius 1 is 1.21 bits per heavy atom. The molecule has 0 aromatic carbocycles. The lowest BCUT2D eigenvalue weighted by molar-refractivity contribution is 0.0755. The van der Waals surface area contributed by atoms with Crippen LogP contribution in [0.3, 0.4) is 0 Å². The number of nitrogens with one attached hydrogen (secondary N) is 1. The second-order valence-electron chi connectivity index (χ2n) is 7.80. The van der Waals surface area contributed by atoms with E-state index in [0.717, 1.165) is 58.7 Å². The molecule has 1 N–H and O–H groups in total. The van der Waals surface area contributed by atoms with Gasteiger partial charge in [-0.3, -0.25) is 14.4 Å². The fraction of sp³-hybridized carbons (Fsp3) is 0.650. The van der Waals surface area contributed by atoms with E-state index in [2.05, 4.69) is 38.0 Å². The highest BCUT2D eigenvalue weighted by Crippen LogP contribution is 2.15. The number of thiophene rings is 1. The van der Waals surface area contributed by atoms with E-state index < -0.39 is 0 Å². The molecular formula is C20H30N6OS. The number of aromatic nitrogens is 3. The largest absolute Gasteiger partial charge is 0.336 e. The first-order valence-corrected chi connectivity index (χ1v) is 11.3. The summed E-state index contributed by atoms with van der Waals surface area (Å²) in [6.45, 7) is 6.39. The van der Waals surface area contributed by atoms with E-state index in [1.54, 1.807) is 11.3 Å². The Morgan fingerprint density at radius 2 is 2.18 bits per heavy atom. The van der Waals surface area contributed by atoms with E-state index in [4.69, 9.17) is 0 Å². The van der Waals surface area contributed by atoms with Gasteiger partial charge in [0.25, 0.3) is 5.91 Å². The number of carbonyl (C=O) groups excluding carboxylic acids is 1. The van der Waals surface area contributed by atoms with Crippen molar-refractivity contribution < 1.29 is 4.79 Å². The van der Waals surface area contributed by atoms with Crippen molar-refractivity contribution in [3.63, 3.8) is 0 Å². The first-order chi connectivity index (χ1) is 13.8. The summed E-state index contributed by atoms with van der Waals surface area (Å²) in [6, 6.07) is 4.85. The number of rotatable bonds is 6. The van der Waals surface area contributed by atoms with Gasteiger partial charge in [-0.1, -0.05) is 17.7 Å². The number of amides is 1. The summed E-state index contributed by atoms with van der Waals surface area (Å²) < 4.78 is 1.82. The molecule has 8 heteroatoms. The smallest absolute Gasteiger partial charge is 0.276 e. The van der Waals surface area contributed by atoms with Gasteiger partial charge >= 0.3 is 0 Å². The van der Waals surface area contributed by atoms with E-state index in [1.807, 2.05) is 15.8 Å². The third-order valence-electron chi connectivity index (χ3n) is 5.71. The van der Waals surface area contributed by atoms with Gasteiger partial charge in [-0.05, 0) is 43.7 Å². The van der Waals surface area contributed by atoms with Crippen molar-refractivity contribution in [1.82, 2.24) is 30.1 Å². The van der Waals surface area contributed by atoms with Crippen LogP contribution in [-0.2, 0) is 13.1 Å². The SMILES string of the molecule is O=C(c1cn(CCC2CCCCN2)nn1)N1CCCN(Cc2cccs2)CC1. The number of carbonyl (C=O) groups is 1. The van der Waals surface area contributed by atoms with Crippen molar-refractivity contribution in [1.29, 1.82) is 0 Å². The van der Waals surface area contributed by atoms with Crippen LogP contribution in [-0.4, -0.2) is 69.5 Å². The lowest BCUT2D eigenvalue weighted by atomic mass is 10.0. The zero-order valence-corrected chi connectivity index (χ0v) is 17.2. The lowest BCUT2D eigenvalue weighted by Crippen LogP contribution is -2.35. The summed E-state index contributed by atoms with van der Waals surface area (Å²) >= 11 is 1.80. The van der Waals surface area contributed by atoms with Crippen LogP contribution >= 0.6 is 11.3 Å². The molecule has 4 rings (SSSR count). The second-order valence-corrected chi connectivity index (χ2v) is 8.84. The highest BCUT2D eigenvalue weighted by Gasteiger charge is 2.23. The van der Waals surface area contributed by atoms with Gasteiger partial charge in [-0.25, -0.2) is 0 Å². The molecule has 1 amide bonds. The van der Waals surface area contributed by atoms with Gasteiger partial charge in [-0.2, -0.15) is 0 Å². The van der Waals surface area contributed by atoms with Crippen LogP contribution in [0.15, 0.2) is 23.7 Å². The molecule has 0 bridgehead atoms. The molecule has 2 aromatic heterocycles. The molecule has 0 radical (unpaired) electrons. The second kappa shape index (κ2) is 9.62. The summed E-state index contributed by atoms with van der Waals surface area (Å²) in [5.41, 5.74) is 0.475. The van der Waals surface area contributed by atoms with Crippen LogP contribution in [0.2, 0.25) is 0 Å². The number of nitrogens with zero attached hydrogens (tertiary/aromatic N) is 5. The maximum absolute atomic E-state index is 12.9. The summed E-state index contributed by atoms with van der Waals surface area (Å²) in [7, 11) is 0. The molecule has 7 nitrogen and oxygen atoms in total. The molecule has 4 heterocycles. The normalized spacial score (nSPS) is 21.6. The topological polar surface area (TPSA) is 66.3 Å². The highest BCUT2D eigenvalue weighted by molar-refractivity contribution is 7.09. The number of aryl methyl sites for hydroxylation is 1. The Balaban J connectivity index is 1.27. The van der Waals surface area contributed by atoms with Crippen LogP contribution in [0.1, 0.15) is 47.5 Å². The van der Waals surface area contributed by atoms with E-state index in [0.29, 0.717) is 11.7 Å². The summed E-state index contributed by atoms with van der Waals surface area (Å²) in [5, 5.41) is 14.0. The summed E-state index contributed by atoms with van der Waals surface area (Å²) in [4.78, 5) is 18.6. The molecule has 2 fully saturated rings. The molecule has 0 aliphatic carbocycles. The van der Waals surface area contributed by atoms with Crippen LogP contribution < -0.4 is 5.32 Å². The van der Waals surface area contributed by atoms with Gasteiger partial charge in [0, 0.05) is 50.2 Å². The van der Waals surface area contributed by atoms with Gasteiger partial charge in [-0.15, -0.1) is 16.4 Å². The van der Waals surface area contributed by atoms with Crippen LogP contribution in [0, 0.1) is 0 Å². The highest BCUT2D eigenvalue weighted by atomic mass is 32.1. The van der Waals surface area contributed by atoms with E-state index in [1.165, 1.54) is 24.1 Å². The molecule has 28 heavy (non-hydrogen) atoms. The van der Waals surface area contributed by atoms with Crippen LogP contribution in [0.4, 0.5) is 0 Å². The maximum atomic E-state index is 12.9. The summed E-state index contributed by atoms with van der Waals surface area (Å²) in [6.07, 6.45) is 7.67. The molecule has 2 aliphatic rings. The van der Waals surface area contributed by atoms with Gasteiger partial charge in [0.05, 0.1) is 6.20 Å². The van der Waals surface area contributed by atoms with E-state index in [-0.39, 0.29) is 5.91 Å². The number of hydrogen-bond donors (Lipinski definition) is 1.